The SMILES string of the molecule is CCCNc1cc(Nc2ccccc2CC)nc(N)n1. The summed E-state index contributed by atoms with van der Waals surface area (Å²) in [6, 6.07) is 10.0. The van der Waals surface area contributed by atoms with Gasteiger partial charge in [-0.3, -0.25) is 0 Å². The molecule has 0 unspecified atom stereocenters. The Bertz CT molecular complexity index is 568. The molecule has 0 radical (unpaired) electrons. The Morgan fingerprint density at radius 2 is 1.85 bits per heavy atom. The van der Waals surface area contributed by atoms with E-state index in [4.69, 9.17) is 5.73 Å². The van der Waals surface area contributed by atoms with Gasteiger partial charge in [-0.25, -0.2) is 0 Å². The predicted octanol–water partition coefficient (Wildman–Crippen LogP) is 3.19. The van der Waals surface area contributed by atoms with E-state index < -0.39 is 0 Å². The first-order valence-corrected chi connectivity index (χ1v) is 6.96. The average molecular weight is 271 g/mol. The topological polar surface area (TPSA) is 75.9 Å². The molecule has 0 aliphatic heterocycles. The van der Waals surface area contributed by atoms with E-state index in [0.717, 1.165) is 30.9 Å². The second-order valence-electron chi connectivity index (χ2n) is 4.56. The molecule has 1 aromatic carbocycles. The molecule has 2 rings (SSSR count). The van der Waals surface area contributed by atoms with Crippen LogP contribution in [0.2, 0.25) is 0 Å². The Morgan fingerprint density at radius 3 is 2.60 bits per heavy atom. The molecule has 0 spiro atoms. The second-order valence-corrected chi connectivity index (χ2v) is 4.56. The number of para-hydroxylation sites is 1. The van der Waals surface area contributed by atoms with Gasteiger partial charge in [-0.1, -0.05) is 32.0 Å². The fourth-order valence-electron chi connectivity index (χ4n) is 1.96. The number of hydrogen-bond donors (Lipinski definition) is 3. The van der Waals surface area contributed by atoms with Crippen molar-refractivity contribution < 1.29 is 0 Å². The van der Waals surface area contributed by atoms with Gasteiger partial charge in [-0.2, -0.15) is 9.97 Å². The highest BCUT2D eigenvalue weighted by Crippen LogP contribution is 2.22. The summed E-state index contributed by atoms with van der Waals surface area (Å²) in [6.45, 7) is 5.10. The summed E-state index contributed by atoms with van der Waals surface area (Å²) in [6.07, 6.45) is 2.00. The molecule has 0 saturated heterocycles. The van der Waals surface area contributed by atoms with Crippen molar-refractivity contribution in [2.45, 2.75) is 26.7 Å². The van der Waals surface area contributed by atoms with Gasteiger partial charge in [0.05, 0.1) is 0 Å². The van der Waals surface area contributed by atoms with Crippen LogP contribution in [0.3, 0.4) is 0 Å². The number of nitrogen functional groups attached to an aromatic ring is 1. The summed E-state index contributed by atoms with van der Waals surface area (Å²) in [5.41, 5.74) is 8.05. The first kappa shape index (κ1) is 14.1. The van der Waals surface area contributed by atoms with Gasteiger partial charge in [0, 0.05) is 18.3 Å². The van der Waals surface area contributed by atoms with Crippen LogP contribution >= 0.6 is 0 Å². The van der Waals surface area contributed by atoms with Crippen molar-refractivity contribution in [3.05, 3.63) is 35.9 Å². The lowest BCUT2D eigenvalue weighted by molar-refractivity contribution is 0.967. The quantitative estimate of drug-likeness (QED) is 0.752. The first-order chi connectivity index (χ1) is 9.72. The third-order valence-corrected chi connectivity index (χ3v) is 2.96. The molecule has 5 heteroatoms. The molecule has 4 N–H and O–H groups in total. The summed E-state index contributed by atoms with van der Waals surface area (Å²) in [5, 5.41) is 6.53. The van der Waals surface area contributed by atoms with E-state index in [9.17, 15) is 0 Å². The third-order valence-electron chi connectivity index (χ3n) is 2.96. The maximum absolute atomic E-state index is 5.75. The molecule has 0 aliphatic rings. The van der Waals surface area contributed by atoms with Gasteiger partial charge in [0.15, 0.2) is 0 Å². The monoisotopic (exact) mass is 271 g/mol. The normalized spacial score (nSPS) is 10.3. The van der Waals surface area contributed by atoms with Crippen LogP contribution in [0.25, 0.3) is 0 Å². The maximum atomic E-state index is 5.75. The van der Waals surface area contributed by atoms with Crippen molar-refractivity contribution in [3.8, 4) is 0 Å². The maximum Gasteiger partial charge on any atom is 0.223 e. The number of nitrogens with one attached hydrogen (secondary N) is 2. The zero-order valence-electron chi connectivity index (χ0n) is 12.0. The minimum Gasteiger partial charge on any atom is -0.370 e. The van der Waals surface area contributed by atoms with E-state index in [-0.39, 0.29) is 5.95 Å². The highest BCUT2D eigenvalue weighted by atomic mass is 15.1. The molecule has 106 valence electrons. The molecule has 1 heterocycles. The number of aromatic nitrogens is 2. The summed E-state index contributed by atoms with van der Waals surface area (Å²) >= 11 is 0. The molecular formula is C15H21N5. The van der Waals surface area contributed by atoms with Crippen LogP contribution in [0, 0.1) is 0 Å². The molecule has 0 amide bonds. The van der Waals surface area contributed by atoms with Crippen molar-refractivity contribution >= 4 is 23.3 Å². The van der Waals surface area contributed by atoms with Crippen LogP contribution in [0.1, 0.15) is 25.8 Å². The minimum absolute atomic E-state index is 0.266. The lowest BCUT2D eigenvalue weighted by Crippen LogP contribution is -2.07. The van der Waals surface area contributed by atoms with Gasteiger partial charge in [0.1, 0.15) is 11.6 Å². The highest BCUT2D eigenvalue weighted by Gasteiger charge is 2.05. The Balaban J connectivity index is 2.22. The van der Waals surface area contributed by atoms with Gasteiger partial charge in [0.2, 0.25) is 5.95 Å². The summed E-state index contributed by atoms with van der Waals surface area (Å²) in [5.74, 6) is 1.72. The molecule has 20 heavy (non-hydrogen) atoms. The van der Waals surface area contributed by atoms with Crippen LogP contribution in [0.15, 0.2) is 30.3 Å². The Morgan fingerprint density at radius 1 is 1.10 bits per heavy atom. The summed E-state index contributed by atoms with van der Waals surface area (Å²) in [7, 11) is 0. The molecule has 0 saturated carbocycles. The van der Waals surface area contributed by atoms with Crippen LogP contribution in [0.4, 0.5) is 23.3 Å². The molecule has 1 aromatic heterocycles. The molecule has 2 aromatic rings. The van der Waals surface area contributed by atoms with Crippen molar-refractivity contribution in [2.24, 2.45) is 0 Å². The standard InChI is InChI=1S/C15H21N5/c1-3-9-17-13-10-14(20-15(16)19-13)18-12-8-6-5-7-11(12)4-2/h5-8,10H,3-4,9H2,1-2H3,(H4,16,17,18,19,20). The average Bonchev–Trinajstić information content (AvgIpc) is 2.45. The molecular weight excluding hydrogens is 250 g/mol. The fourth-order valence-corrected chi connectivity index (χ4v) is 1.96. The Labute approximate surface area is 119 Å². The predicted molar refractivity (Wildman–Crippen MR) is 84.3 cm³/mol. The number of anilines is 4. The zero-order valence-corrected chi connectivity index (χ0v) is 12.0. The van der Waals surface area contributed by atoms with Crippen molar-refractivity contribution in [1.82, 2.24) is 9.97 Å². The molecule has 0 bridgehead atoms. The van der Waals surface area contributed by atoms with E-state index in [1.807, 2.05) is 24.3 Å². The smallest absolute Gasteiger partial charge is 0.223 e. The zero-order chi connectivity index (χ0) is 14.4. The number of hydrogen-bond acceptors (Lipinski definition) is 5. The van der Waals surface area contributed by atoms with Crippen molar-refractivity contribution in [3.63, 3.8) is 0 Å². The van der Waals surface area contributed by atoms with Crippen molar-refractivity contribution in [1.29, 1.82) is 0 Å². The Kier molecular flexibility index (Phi) is 4.76. The number of nitrogens with zero attached hydrogens (tertiary/aromatic N) is 2. The highest BCUT2D eigenvalue weighted by molar-refractivity contribution is 5.63. The van der Waals surface area contributed by atoms with Gasteiger partial charge < -0.3 is 16.4 Å². The van der Waals surface area contributed by atoms with E-state index >= 15 is 0 Å². The first-order valence-electron chi connectivity index (χ1n) is 6.96. The molecule has 0 fully saturated rings. The largest absolute Gasteiger partial charge is 0.370 e. The van der Waals surface area contributed by atoms with Crippen LogP contribution in [-0.2, 0) is 6.42 Å². The van der Waals surface area contributed by atoms with E-state index in [1.165, 1.54) is 5.56 Å². The van der Waals surface area contributed by atoms with Crippen LogP contribution in [-0.4, -0.2) is 16.5 Å². The van der Waals surface area contributed by atoms with E-state index in [0.29, 0.717) is 5.82 Å². The van der Waals surface area contributed by atoms with Gasteiger partial charge >= 0.3 is 0 Å². The van der Waals surface area contributed by atoms with Crippen LogP contribution in [0.5, 0.6) is 0 Å². The second kappa shape index (κ2) is 6.75. The number of rotatable bonds is 6. The summed E-state index contributed by atoms with van der Waals surface area (Å²) in [4.78, 5) is 8.40. The molecule has 0 atom stereocenters. The van der Waals surface area contributed by atoms with Crippen molar-refractivity contribution in [2.75, 3.05) is 22.9 Å². The van der Waals surface area contributed by atoms with E-state index in [1.54, 1.807) is 0 Å². The molecule has 5 nitrogen and oxygen atoms in total. The molecule has 0 aliphatic carbocycles. The summed E-state index contributed by atoms with van der Waals surface area (Å²) < 4.78 is 0. The van der Waals surface area contributed by atoms with Gasteiger partial charge in [0.25, 0.3) is 0 Å². The fraction of sp³-hybridized carbons (Fsp3) is 0.333. The Hall–Kier alpha value is -2.30. The minimum atomic E-state index is 0.266. The lowest BCUT2D eigenvalue weighted by atomic mass is 10.1. The third kappa shape index (κ3) is 3.60. The number of nitrogens with two attached hydrogens (primary N) is 1. The number of aryl methyl sites for hydroxylation is 1. The van der Waals surface area contributed by atoms with E-state index in [2.05, 4.69) is 40.5 Å². The number of benzene rings is 1. The van der Waals surface area contributed by atoms with Crippen LogP contribution < -0.4 is 16.4 Å². The van der Waals surface area contributed by atoms with Gasteiger partial charge in [-0.15, -0.1) is 0 Å². The lowest BCUT2D eigenvalue weighted by Gasteiger charge is -2.12. The van der Waals surface area contributed by atoms with Gasteiger partial charge in [-0.05, 0) is 24.5 Å².